The van der Waals surface area contributed by atoms with Gasteiger partial charge in [0.15, 0.2) is 0 Å². The molecule has 0 unspecified atom stereocenters. The standard InChI is InChI=1S/C15H26N2O/c1-13-5-6-14(2)15(11-13)12-16-7-9-18-10-8-17(3)4/h5-6,11,16H,7-10,12H2,1-4H3. The van der Waals surface area contributed by atoms with Gasteiger partial charge in [0.2, 0.25) is 0 Å². The number of hydrogen-bond donors (Lipinski definition) is 1. The fourth-order valence-corrected chi connectivity index (χ4v) is 1.71. The van der Waals surface area contributed by atoms with E-state index in [0.29, 0.717) is 0 Å². The number of nitrogens with one attached hydrogen (secondary N) is 1. The van der Waals surface area contributed by atoms with Crippen LogP contribution >= 0.6 is 0 Å². The van der Waals surface area contributed by atoms with Crippen LogP contribution in [0.4, 0.5) is 0 Å². The smallest absolute Gasteiger partial charge is 0.0593 e. The summed E-state index contributed by atoms with van der Waals surface area (Å²) in [6, 6.07) is 6.58. The van der Waals surface area contributed by atoms with Crippen molar-refractivity contribution in [1.82, 2.24) is 10.2 Å². The molecule has 0 aromatic heterocycles. The summed E-state index contributed by atoms with van der Waals surface area (Å²) in [7, 11) is 4.12. The molecule has 3 heteroatoms. The number of aryl methyl sites for hydroxylation is 2. The third-order valence-corrected chi connectivity index (χ3v) is 2.93. The summed E-state index contributed by atoms with van der Waals surface area (Å²) in [6.07, 6.45) is 0. The molecule has 1 aromatic carbocycles. The lowest BCUT2D eigenvalue weighted by molar-refractivity contribution is 0.119. The third kappa shape index (κ3) is 6.15. The molecular weight excluding hydrogens is 224 g/mol. The molecule has 1 aromatic rings. The van der Waals surface area contributed by atoms with Crippen molar-refractivity contribution in [1.29, 1.82) is 0 Å². The SMILES string of the molecule is Cc1ccc(C)c(CNCCOCCN(C)C)c1. The van der Waals surface area contributed by atoms with Crippen LogP contribution in [0, 0.1) is 13.8 Å². The Labute approximate surface area is 111 Å². The van der Waals surface area contributed by atoms with Gasteiger partial charge in [-0.25, -0.2) is 0 Å². The second kappa shape index (κ2) is 8.25. The van der Waals surface area contributed by atoms with E-state index in [1.54, 1.807) is 0 Å². The van der Waals surface area contributed by atoms with Gasteiger partial charge in [-0.1, -0.05) is 23.8 Å². The minimum Gasteiger partial charge on any atom is -0.379 e. The molecule has 0 saturated heterocycles. The molecule has 0 fully saturated rings. The maximum Gasteiger partial charge on any atom is 0.0593 e. The number of ether oxygens (including phenoxy) is 1. The first-order valence-corrected chi connectivity index (χ1v) is 6.59. The van der Waals surface area contributed by atoms with E-state index in [4.69, 9.17) is 4.74 Å². The van der Waals surface area contributed by atoms with Gasteiger partial charge in [-0.3, -0.25) is 0 Å². The molecule has 0 spiro atoms. The molecule has 0 aliphatic heterocycles. The molecule has 1 N–H and O–H groups in total. The molecule has 0 saturated carbocycles. The van der Waals surface area contributed by atoms with Crippen molar-refractivity contribution in [2.45, 2.75) is 20.4 Å². The Kier molecular flexibility index (Phi) is 6.94. The topological polar surface area (TPSA) is 24.5 Å². The first-order valence-electron chi connectivity index (χ1n) is 6.59. The fraction of sp³-hybridized carbons (Fsp3) is 0.600. The Hall–Kier alpha value is -0.900. The van der Waals surface area contributed by atoms with Gasteiger partial charge in [-0.2, -0.15) is 0 Å². The highest BCUT2D eigenvalue weighted by molar-refractivity contribution is 5.30. The predicted octanol–water partition coefficient (Wildman–Crippen LogP) is 1.97. The Bertz CT molecular complexity index is 350. The van der Waals surface area contributed by atoms with Crippen LogP contribution in [0.15, 0.2) is 18.2 Å². The van der Waals surface area contributed by atoms with E-state index in [2.05, 4.69) is 56.4 Å². The molecule has 0 radical (unpaired) electrons. The second-order valence-corrected chi connectivity index (χ2v) is 5.02. The lowest BCUT2D eigenvalue weighted by atomic mass is 10.1. The van der Waals surface area contributed by atoms with Crippen LogP contribution in [-0.2, 0) is 11.3 Å². The van der Waals surface area contributed by atoms with Crippen molar-refractivity contribution in [3.63, 3.8) is 0 Å². The molecule has 3 nitrogen and oxygen atoms in total. The van der Waals surface area contributed by atoms with Gasteiger partial charge >= 0.3 is 0 Å². The monoisotopic (exact) mass is 250 g/mol. The Morgan fingerprint density at radius 1 is 1.17 bits per heavy atom. The van der Waals surface area contributed by atoms with Crippen molar-refractivity contribution in [2.24, 2.45) is 0 Å². The maximum absolute atomic E-state index is 5.53. The molecule has 1 rings (SSSR count). The summed E-state index contributed by atoms with van der Waals surface area (Å²) in [5.41, 5.74) is 4.05. The van der Waals surface area contributed by atoms with Crippen LogP contribution in [0.1, 0.15) is 16.7 Å². The fourth-order valence-electron chi connectivity index (χ4n) is 1.71. The van der Waals surface area contributed by atoms with Gasteiger partial charge in [-0.15, -0.1) is 0 Å². The molecule has 0 bridgehead atoms. The van der Waals surface area contributed by atoms with Crippen LogP contribution < -0.4 is 5.32 Å². The van der Waals surface area contributed by atoms with Crippen LogP contribution in [0.3, 0.4) is 0 Å². The van der Waals surface area contributed by atoms with E-state index in [9.17, 15) is 0 Å². The maximum atomic E-state index is 5.53. The van der Waals surface area contributed by atoms with E-state index in [-0.39, 0.29) is 0 Å². The highest BCUT2D eigenvalue weighted by Gasteiger charge is 1.98. The minimum atomic E-state index is 0.776. The van der Waals surface area contributed by atoms with E-state index < -0.39 is 0 Å². The minimum absolute atomic E-state index is 0.776. The average molecular weight is 250 g/mol. The number of rotatable bonds is 8. The van der Waals surface area contributed by atoms with E-state index in [1.165, 1.54) is 16.7 Å². The summed E-state index contributed by atoms with van der Waals surface area (Å²) >= 11 is 0. The second-order valence-electron chi connectivity index (χ2n) is 5.02. The highest BCUT2D eigenvalue weighted by atomic mass is 16.5. The molecular formula is C15H26N2O. The first kappa shape index (κ1) is 15.2. The van der Waals surface area contributed by atoms with E-state index >= 15 is 0 Å². The average Bonchev–Trinajstić information content (AvgIpc) is 2.32. The molecule has 0 amide bonds. The van der Waals surface area contributed by atoms with Crippen LogP contribution in [0.25, 0.3) is 0 Å². The molecule has 102 valence electrons. The largest absolute Gasteiger partial charge is 0.379 e. The summed E-state index contributed by atoms with van der Waals surface area (Å²) < 4.78 is 5.53. The van der Waals surface area contributed by atoms with Crippen LogP contribution in [0.2, 0.25) is 0 Å². The van der Waals surface area contributed by atoms with Gasteiger partial charge in [0.1, 0.15) is 0 Å². The van der Waals surface area contributed by atoms with E-state index in [0.717, 1.165) is 32.8 Å². The van der Waals surface area contributed by atoms with Gasteiger partial charge in [0, 0.05) is 19.6 Å². The number of hydrogen-bond acceptors (Lipinski definition) is 3. The molecule has 0 heterocycles. The molecule has 18 heavy (non-hydrogen) atoms. The zero-order valence-corrected chi connectivity index (χ0v) is 12.1. The van der Waals surface area contributed by atoms with Crippen molar-refractivity contribution < 1.29 is 4.74 Å². The Morgan fingerprint density at radius 2 is 1.94 bits per heavy atom. The van der Waals surface area contributed by atoms with Gasteiger partial charge in [0.25, 0.3) is 0 Å². The number of benzene rings is 1. The Balaban J connectivity index is 2.12. The Morgan fingerprint density at radius 3 is 2.67 bits per heavy atom. The molecule has 0 aliphatic rings. The number of likely N-dealkylation sites (N-methyl/N-ethyl adjacent to an activating group) is 1. The van der Waals surface area contributed by atoms with Crippen LogP contribution in [-0.4, -0.2) is 45.3 Å². The highest BCUT2D eigenvalue weighted by Crippen LogP contribution is 2.09. The van der Waals surface area contributed by atoms with Gasteiger partial charge in [0.05, 0.1) is 13.2 Å². The lowest BCUT2D eigenvalue weighted by Gasteiger charge is -2.11. The first-order chi connectivity index (χ1) is 8.59. The predicted molar refractivity (Wildman–Crippen MR) is 77.0 cm³/mol. The zero-order chi connectivity index (χ0) is 13.4. The summed E-state index contributed by atoms with van der Waals surface area (Å²) in [5.74, 6) is 0. The van der Waals surface area contributed by atoms with Crippen molar-refractivity contribution >= 4 is 0 Å². The summed E-state index contributed by atoms with van der Waals surface area (Å²) in [6.45, 7) is 8.68. The van der Waals surface area contributed by atoms with Gasteiger partial charge < -0.3 is 15.0 Å². The van der Waals surface area contributed by atoms with Crippen molar-refractivity contribution in [3.05, 3.63) is 34.9 Å². The summed E-state index contributed by atoms with van der Waals surface area (Å²) in [5, 5.41) is 3.42. The molecule has 0 atom stereocenters. The molecule has 0 aliphatic carbocycles. The number of nitrogens with zero attached hydrogens (tertiary/aromatic N) is 1. The normalized spacial score (nSPS) is 11.2. The third-order valence-electron chi connectivity index (χ3n) is 2.93. The van der Waals surface area contributed by atoms with Gasteiger partial charge in [-0.05, 0) is 39.1 Å². The van der Waals surface area contributed by atoms with Crippen molar-refractivity contribution in [3.8, 4) is 0 Å². The van der Waals surface area contributed by atoms with Crippen molar-refractivity contribution in [2.75, 3.05) is 40.4 Å². The zero-order valence-electron chi connectivity index (χ0n) is 12.1. The summed E-state index contributed by atoms with van der Waals surface area (Å²) in [4.78, 5) is 2.13. The van der Waals surface area contributed by atoms with E-state index in [1.807, 2.05) is 0 Å². The quantitative estimate of drug-likeness (QED) is 0.714. The lowest BCUT2D eigenvalue weighted by Crippen LogP contribution is -2.23. The van der Waals surface area contributed by atoms with Crippen LogP contribution in [0.5, 0.6) is 0 Å².